The van der Waals surface area contributed by atoms with Crippen LogP contribution in [-0.4, -0.2) is 29.4 Å². The highest BCUT2D eigenvalue weighted by Crippen LogP contribution is 2.35. The minimum absolute atomic E-state index is 0.162. The molecule has 0 spiro atoms. The van der Waals surface area contributed by atoms with Crippen molar-refractivity contribution in [3.8, 4) is 0 Å². The fourth-order valence-corrected chi connectivity index (χ4v) is 4.07. The Hall–Kier alpha value is -1.35. The molecule has 1 heterocycles. The van der Waals surface area contributed by atoms with Crippen molar-refractivity contribution in [2.45, 2.75) is 57.0 Å². The summed E-state index contributed by atoms with van der Waals surface area (Å²) in [5.74, 6) is 0.885. The van der Waals surface area contributed by atoms with Crippen molar-refractivity contribution in [3.05, 3.63) is 35.9 Å². The fraction of sp³-hybridized carbons (Fsp3) is 0.611. The summed E-state index contributed by atoms with van der Waals surface area (Å²) in [6, 6.07) is 10.2. The van der Waals surface area contributed by atoms with E-state index in [-0.39, 0.29) is 5.91 Å². The predicted molar refractivity (Wildman–Crippen MR) is 84.8 cm³/mol. The Balaban J connectivity index is 1.65. The third-order valence-electron chi connectivity index (χ3n) is 5.14. The van der Waals surface area contributed by atoms with Gasteiger partial charge in [-0.15, -0.1) is 0 Å². The van der Waals surface area contributed by atoms with Gasteiger partial charge in [-0.05, 0) is 43.6 Å². The monoisotopic (exact) mass is 286 g/mol. The van der Waals surface area contributed by atoms with Gasteiger partial charge in [0.05, 0.1) is 6.04 Å². The number of carbonyl (C=O) groups excluding carboxylic acids is 1. The molecule has 1 saturated heterocycles. The molecule has 1 amide bonds. The standard InChI is InChI=1S/C18H26N2O/c19-16(13-14-7-2-1-3-8-14)18(21)20-12-6-10-15-9-4-5-11-17(15)20/h1-3,7-8,15-17H,4-6,9-13,19H2/t15-,16?,17-/m1/s1. The number of rotatable bonds is 3. The second-order valence-corrected chi connectivity index (χ2v) is 6.58. The second kappa shape index (κ2) is 6.61. The highest BCUT2D eigenvalue weighted by Gasteiger charge is 2.37. The van der Waals surface area contributed by atoms with Gasteiger partial charge in [-0.25, -0.2) is 0 Å². The van der Waals surface area contributed by atoms with Gasteiger partial charge in [0.1, 0.15) is 0 Å². The molecule has 3 nitrogen and oxygen atoms in total. The number of piperidine rings is 1. The molecule has 1 unspecified atom stereocenters. The van der Waals surface area contributed by atoms with Gasteiger partial charge in [-0.3, -0.25) is 4.79 Å². The number of likely N-dealkylation sites (tertiary alicyclic amines) is 1. The SMILES string of the molecule is NC(Cc1ccccc1)C(=O)N1CCC[C@H]2CCCC[C@H]21. The lowest BCUT2D eigenvalue weighted by Gasteiger charge is -2.45. The number of benzene rings is 1. The molecule has 1 saturated carbocycles. The summed E-state index contributed by atoms with van der Waals surface area (Å²) in [6.07, 6.45) is 8.15. The minimum Gasteiger partial charge on any atom is -0.338 e. The summed E-state index contributed by atoms with van der Waals surface area (Å²) in [5.41, 5.74) is 7.36. The first-order valence-electron chi connectivity index (χ1n) is 8.35. The summed E-state index contributed by atoms with van der Waals surface area (Å²) >= 11 is 0. The van der Waals surface area contributed by atoms with E-state index >= 15 is 0 Å². The van der Waals surface area contributed by atoms with E-state index in [4.69, 9.17) is 5.73 Å². The number of carbonyl (C=O) groups is 1. The molecule has 114 valence electrons. The van der Waals surface area contributed by atoms with Crippen molar-refractivity contribution >= 4 is 5.91 Å². The molecule has 2 fully saturated rings. The van der Waals surface area contributed by atoms with E-state index in [1.54, 1.807) is 0 Å². The number of nitrogens with two attached hydrogens (primary N) is 1. The molecule has 1 aliphatic heterocycles. The maximum absolute atomic E-state index is 12.8. The summed E-state index contributed by atoms with van der Waals surface area (Å²) in [7, 11) is 0. The molecule has 2 N–H and O–H groups in total. The lowest BCUT2D eigenvalue weighted by atomic mass is 9.78. The van der Waals surface area contributed by atoms with Crippen LogP contribution in [0, 0.1) is 5.92 Å². The molecule has 0 aromatic heterocycles. The molecule has 1 aromatic rings. The van der Waals surface area contributed by atoms with E-state index in [1.807, 2.05) is 30.3 Å². The zero-order valence-corrected chi connectivity index (χ0v) is 12.7. The Morgan fingerprint density at radius 1 is 1.14 bits per heavy atom. The smallest absolute Gasteiger partial charge is 0.240 e. The average Bonchev–Trinajstić information content (AvgIpc) is 2.54. The van der Waals surface area contributed by atoms with Gasteiger partial charge >= 0.3 is 0 Å². The Morgan fingerprint density at radius 3 is 2.67 bits per heavy atom. The van der Waals surface area contributed by atoms with Crippen LogP contribution < -0.4 is 5.73 Å². The molecule has 0 radical (unpaired) electrons. The average molecular weight is 286 g/mol. The Morgan fingerprint density at radius 2 is 1.86 bits per heavy atom. The molecule has 2 aliphatic rings. The molecule has 3 heteroatoms. The zero-order valence-electron chi connectivity index (χ0n) is 12.7. The third-order valence-corrected chi connectivity index (χ3v) is 5.14. The zero-order chi connectivity index (χ0) is 14.7. The number of hydrogen-bond acceptors (Lipinski definition) is 2. The quantitative estimate of drug-likeness (QED) is 0.928. The molecular formula is C18H26N2O. The third kappa shape index (κ3) is 3.29. The lowest BCUT2D eigenvalue weighted by Crippen LogP contribution is -2.55. The summed E-state index contributed by atoms with van der Waals surface area (Å²) in [4.78, 5) is 14.9. The van der Waals surface area contributed by atoms with E-state index < -0.39 is 6.04 Å². The van der Waals surface area contributed by atoms with Crippen LogP contribution in [0.15, 0.2) is 30.3 Å². The van der Waals surface area contributed by atoms with E-state index in [0.29, 0.717) is 12.5 Å². The fourth-order valence-electron chi connectivity index (χ4n) is 4.07. The van der Waals surface area contributed by atoms with Gasteiger partial charge in [0.25, 0.3) is 0 Å². The van der Waals surface area contributed by atoms with Crippen LogP contribution in [0.5, 0.6) is 0 Å². The van der Waals surface area contributed by atoms with Crippen LogP contribution in [0.25, 0.3) is 0 Å². The minimum atomic E-state index is -0.395. The summed E-state index contributed by atoms with van der Waals surface area (Å²) in [5, 5.41) is 0. The van der Waals surface area contributed by atoms with Crippen LogP contribution in [0.4, 0.5) is 0 Å². The van der Waals surface area contributed by atoms with Gasteiger partial charge < -0.3 is 10.6 Å². The van der Waals surface area contributed by atoms with Crippen LogP contribution >= 0.6 is 0 Å². The van der Waals surface area contributed by atoms with Crippen molar-refractivity contribution in [2.24, 2.45) is 11.7 Å². The van der Waals surface area contributed by atoms with Gasteiger partial charge in [0.2, 0.25) is 5.91 Å². The summed E-state index contributed by atoms with van der Waals surface area (Å²) in [6.45, 7) is 0.905. The van der Waals surface area contributed by atoms with Gasteiger partial charge in [0.15, 0.2) is 0 Å². The van der Waals surface area contributed by atoms with E-state index in [9.17, 15) is 4.79 Å². The van der Waals surface area contributed by atoms with Gasteiger partial charge in [0, 0.05) is 12.6 Å². The van der Waals surface area contributed by atoms with Crippen molar-refractivity contribution < 1.29 is 4.79 Å². The first-order chi connectivity index (χ1) is 10.3. The van der Waals surface area contributed by atoms with Crippen molar-refractivity contribution in [1.29, 1.82) is 0 Å². The van der Waals surface area contributed by atoms with Crippen LogP contribution in [0.1, 0.15) is 44.1 Å². The van der Waals surface area contributed by atoms with Crippen LogP contribution in [0.2, 0.25) is 0 Å². The largest absolute Gasteiger partial charge is 0.338 e. The molecule has 0 bridgehead atoms. The predicted octanol–water partition coefficient (Wildman–Crippen LogP) is 2.74. The number of hydrogen-bond donors (Lipinski definition) is 1. The lowest BCUT2D eigenvalue weighted by molar-refractivity contribution is -0.139. The first kappa shape index (κ1) is 14.6. The van der Waals surface area contributed by atoms with Crippen molar-refractivity contribution in [1.82, 2.24) is 4.90 Å². The van der Waals surface area contributed by atoms with Crippen molar-refractivity contribution in [2.75, 3.05) is 6.54 Å². The maximum Gasteiger partial charge on any atom is 0.240 e. The first-order valence-corrected chi connectivity index (χ1v) is 8.35. The molecule has 3 rings (SSSR count). The Labute approximate surface area is 127 Å². The van der Waals surface area contributed by atoms with Crippen LogP contribution in [-0.2, 0) is 11.2 Å². The normalized spacial score (nSPS) is 27.0. The van der Waals surface area contributed by atoms with Gasteiger partial charge in [-0.2, -0.15) is 0 Å². The maximum atomic E-state index is 12.8. The van der Waals surface area contributed by atoms with E-state index in [0.717, 1.165) is 24.4 Å². The highest BCUT2D eigenvalue weighted by molar-refractivity contribution is 5.82. The van der Waals surface area contributed by atoms with E-state index in [1.165, 1.54) is 32.1 Å². The van der Waals surface area contributed by atoms with Crippen molar-refractivity contribution in [3.63, 3.8) is 0 Å². The molecule has 1 aromatic carbocycles. The Kier molecular flexibility index (Phi) is 4.59. The second-order valence-electron chi connectivity index (χ2n) is 6.58. The number of fused-ring (bicyclic) bond motifs is 1. The number of nitrogens with zero attached hydrogens (tertiary/aromatic N) is 1. The topological polar surface area (TPSA) is 46.3 Å². The number of amides is 1. The molecule has 1 aliphatic carbocycles. The Bertz CT molecular complexity index is 471. The molecular weight excluding hydrogens is 260 g/mol. The molecule has 21 heavy (non-hydrogen) atoms. The van der Waals surface area contributed by atoms with Gasteiger partial charge in [-0.1, -0.05) is 43.2 Å². The van der Waals surface area contributed by atoms with Crippen LogP contribution in [0.3, 0.4) is 0 Å². The highest BCUT2D eigenvalue weighted by atomic mass is 16.2. The molecule has 3 atom stereocenters. The van der Waals surface area contributed by atoms with E-state index in [2.05, 4.69) is 4.90 Å². The summed E-state index contributed by atoms with van der Waals surface area (Å²) < 4.78 is 0.